The van der Waals surface area contributed by atoms with Gasteiger partial charge in [0.1, 0.15) is 0 Å². The summed E-state index contributed by atoms with van der Waals surface area (Å²) in [5, 5.41) is 0. The maximum Gasteiger partial charge on any atom is 0.223 e. The second-order valence-electron chi connectivity index (χ2n) is 15.1. The third-order valence-corrected chi connectivity index (χ3v) is 13.3. The van der Waals surface area contributed by atoms with E-state index < -0.39 is 5.41 Å². The molecular formula is C30H48N2O2. The molecule has 0 aliphatic heterocycles. The molecule has 0 spiro atoms. The molecule has 0 aromatic carbocycles. The summed E-state index contributed by atoms with van der Waals surface area (Å²) in [5.41, 5.74) is 13.6. The zero-order chi connectivity index (χ0) is 25.1. The number of amides is 1. The van der Waals surface area contributed by atoms with Crippen molar-refractivity contribution in [3.63, 3.8) is 0 Å². The molecule has 4 N–H and O–H groups in total. The van der Waals surface area contributed by atoms with E-state index in [9.17, 15) is 9.59 Å². The third kappa shape index (κ3) is 2.81. The highest BCUT2D eigenvalue weighted by Gasteiger charge is 2.70. The normalized spacial score (nSPS) is 54.1. The van der Waals surface area contributed by atoms with Crippen molar-refractivity contribution >= 4 is 11.7 Å². The minimum atomic E-state index is -0.475. The van der Waals surface area contributed by atoms with Gasteiger partial charge in [-0.3, -0.25) is 9.59 Å². The molecule has 0 bridgehead atoms. The first-order valence-electron chi connectivity index (χ1n) is 13.9. The molecule has 4 fully saturated rings. The van der Waals surface area contributed by atoms with Gasteiger partial charge in [-0.1, -0.05) is 54.0 Å². The maximum atomic E-state index is 14.3. The molecule has 2 unspecified atom stereocenters. The predicted molar refractivity (Wildman–Crippen MR) is 137 cm³/mol. The molecule has 4 saturated carbocycles. The number of hydrogen-bond acceptors (Lipinski definition) is 3. The van der Waals surface area contributed by atoms with Gasteiger partial charge in [-0.25, -0.2) is 0 Å². The van der Waals surface area contributed by atoms with Crippen LogP contribution in [0.5, 0.6) is 0 Å². The molecule has 4 nitrogen and oxygen atoms in total. The number of carbonyl (C=O) groups excluding carboxylic acids is 2. The Hall–Kier alpha value is -1.16. The van der Waals surface area contributed by atoms with Gasteiger partial charge in [0.2, 0.25) is 5.91 Å². The molecule has 5 aliphatic rings. The van der Waals surface area contributed by atoms with E-state index in [1.54, 1.807) is 0 Å². The van der Waals surface area contributed by atoms with E-state index in [1.807, 2.05) is 0 Å². The molecule has 0 aromatic rings. The smallest absolute Gasteiger partial charge is 0.223 e. The van der Waals surface area contributed by atoms with Crippen LogP contribution in [0.15, 0.2) is 11.6 Å². The fourth-order valence-electron chi connectivity index (χ4n) is 10.4. The van der Waals surface area contributed by atoms with E-state index in [-0.39, 0.29) is 50.9 Å². The lowest BCUT2D eigenvalue weighted by molar-refractivity contribution is -0.187. The number of nitrogens with two attached hydrogens (primary N) is 2. The van der Waals surface area contributed by atoms with Crippen molar-refractivity contribution in [3.8, 4) is 0 Å². The van der Waals surface area contributed by atoms with Crippen LogP contribution in [0.4, 0.5) is 0 Å². The number of fused-ring (bicyclic) bond motifs is 7. The van der Waals surface area contributed by atoms with Crippen molar-refractivity contribution < 1.29 is 9.59 Å². The number of primary amides is 1. The molecule has 0 heterocycles. The molecule has 0 aromatic heterocycles. The fraction of sp³-hybridized carbons (Fsp3) is 0.867. The molecule has 1 amide bonds. The maximum absolute atomic E-state index is 14.3. The molecule has 0 radical (unpaired) electrons. The highest BCUT2D eigenvalue weighted by Crippen LogP contribution is 2.75. The van der Waals surface area contributed by atoms with Gasteiger partial charge in [0.15, 0.2) is 5.78 Å². The van der Waals surface area contributed by atoms with Crippen molar-refractivity contribution in [2.45, 2.75) is 112 Å². The van der Waals surface area contributed by atoms with Gasteiger partial charge < -0.3 is 11.5 Å². The largest absolute Gasteiger partial charge is 0.369 e. The second-order valence-corrected chi connectivity index (χ2v) is 15.1. The molecule has 4 heteroatoms. The Morgan fingerprint density at radius 3 is 2.21 bits per heavy atom. The van der Waals surface area contributed by atoms with Crippen molar-refractivity contribution in [1.82, 2.24) is 0 Å². The lowest BCUT2D eigenvalue weighted by atomic mass is 9.33. The Bertz CT molecular complexity index is 969. The zero-order valence-electron chi connectivity index (χ0n) is 22.7. The first-order valence-corrected chi connectivity index (χ1v) is 13.9. The lowest BCUT2D eigenvalue weighted by Crippen LogP contribution is -2.67. The first-order chi connectivity index (χ1) is 15.6. The average molecular weight is 469 g/mol. The van der Waals surface area contributed by atoms with Crippen molar-refractivity contribution in [3.05, 3.63) is 11.6 Å². The van der Waals surface area contributed by atoms with Crippen LogP contribution in [0.1, 0.15) is 106 Å². The Morgan fingerprint density at radius 1 is 0.912 bits per heavy atom. The summed E-state index contributed by atoms with van der Waals surface area (Å²) < 4.78 is 0. The van der Waals surface area contributed by atoms with Gasteiger partial charge in [0.25, 0.3) is 0 Å². The van der Waals surface area contributed by atoms with Crippen LogP contribution in [0, 0.1) is 50.2 Å². The summed E-state index contributed by atoms with van der Waals surface area (Å²) in [6.07, 6.45) is 11.4. The van der Waals surface area contributed by atoms with Gasteiger partial charge >= 0.3 is 0 Å². The summed E-state index contributed by atoms with van der Waals surface area (Å²) in [4.78, 5) is 26.7. The number of rotatable bonds is 1. The number of hydrogen-bond donors (Lipinski definition) is 2. The third-order valence-electron chi connectivity index (χ3n) is 13.3. The first kappa shape index (κ1) is 24.5. The SMILES string of the molecule is CC1(C)C(N)CC[C@]2(C)[C@H]3C(=O)C=C4C5C[C@@](C)(C(N)=O)CC[C@]5(C)CC[C@@]4(C)[C@]3(C)CC[C@@H]12. The molecule has 190 valence electrons. The van der Waals surface area contributed by atoms with Crippen molar-refractivity contribution in [1.29, 1.82) is 0 Å². The van der Waals surface area contributed by atoms with Crippen molar-refractivity contribution in [2.75, 3.05) is 0 Å². The Balaban J connectivity index is 1.62. The number of ketones is 1. The highest BCUT2D eigenvalue weighted by molar-refractivity contribution is 5.95. The van der Waals surface area contributed by atoms with Crippen LogP contribution in [0.2, 0.25) is 0 Å². The Kier molecular flexibility index (Phi) is 5.04. The van der Waals surface area contributed by atoms with Gasteiger partial charge in [0, 0.05) is 17.4 Å². The summed E-state index contributed by atoms with van der Waals surface area (Å²) in [5.74, 6) is 0.966. The molecule has 9 atom stereocenters. The second kappa shape index (κ2) is 6.99. The van der Waals surface area contributed by atoms with E-state index in [0.717, 1.165) is 51.4 Å². The molecule has 5 rings (SSSR count). The van der Waals surface area contributed by atoms with Crippen LogP contribution < -0.4 is 11.5 Å². The highest BCUT2D eigenvalue weighted by atomic mass is 16.1. The standard InChI is InChI=1S/C30H48N2O2/c1-25(2)21-8-11-30(7)23(28(21,5)10-9-22(25)31)20(33)16-18-19-17-27(4,24(32)34)13-12-26(19,3)14-15-29(18,30)6/h16,19,21-23H,8-15,17,31H2,1-7H3,(H2,32,34)/t19?,21-,22?,23+,26+,27-,28-,29+,30+/m0/s1. The lowest BCUT2D eigenvalue weighted by Gasteiger charge is -2.70. The topological polar surface area (TPSA) is 86.2 Å². The summed E-state index contributed by atoms with van der Waals surface area (Å²) in [6, 6.07) is 0.208. The van der Waals surface area contributed by atoms with Crippen LogP contribution in [-0.2, 0) is 9.59 Å². The summed E-state index contributed by atoms with van der Waals surface area (Å²) >= 11 is 0. The van der Waals surface area contributed by atoms with Crippen LogP contribution >= 0.6 is 0 Å². The molecule has 34 heavy (non-hydrogen) atoms. The predicted octanol–water partition coefficient (Wildman–Crippen LogP) is 5.78. The summed E-state index contributed by atoms with van der Waals surface area (Å²) in [7, 11) is 0. The van der Waals surface area contributed by atoms with Crippen LogP contribution in [-0.4, -0.2) is 17.7 Å². The van der Waals surface area contributed by atoms with Crippen LogP contribution in [0.3, 0.4) is 0 Å². The molecular weight excluding hydrogens is 420 g/mol. The van der Waals surface area contributed by atoms with Gasteiger partial charge in [-0.2, -0.15) is 0 Å². The Labute approximate surface area is 207 Å². The van der Waals surface area contributed by atoms with E-state index in [0.29, 0.717) is 11.7 Å². The Morgan fingerprint density at radius 2 is 1.56 bits per heavy atom. The number of carbonyl (C=O) groups is 2. The average Bonchev–Trinajstić information content (AvgIpc) is 2.73. The zero-order valence-corrected chi connectivity index (χ0v) is 22.7. The number of allylic oxidation sites excluding steroid dienone is 2. The fourth-order valence-corrected chi connectivity index (χ4v) is 10.4. The van der Waals surface area contributed by atoms with E-state index >= 15 is 0 Å². The van der Waals surface area contributed by atoms with Gasteiger partial charge in [0.05, 0.1) is 0 Å². The minimum absolute atomic E-state index is 0.0104. The van der Waals surface area contributed by atoms with E-state index in [1.165, 1.54) is 12.0 Å². The molecule has 0 saturated heterocycles. The van der Waals surface area contributed by atoms with E-state index in [4.69, 9.17) is 11.5 Å². The quantitative estimate of drug-likeness (QED) is 0.511. The van der Waals surface area contributed by atoms with Gasteiger partial charge in [-0.15, -0.1) is 0 Å². The summed E-state index contributed by atoms with van der Waals surface area (Å²) in [6.45, 7) is 16.5. The minimum Gasteiger partial charge on any atom is -0.369 e. The van der Waals surface area contributed by atoms with E-state index in [2.05, 4.69) is 54.5 Å². The monoisotopic (exact) mass is 468 g/mol. The van der Waals surface area contributed by atoms with Crippen LogP contribution in [0.25, 0.3) is 0 Å². The van der Waals surface area contributed by atoms with Crippen molar-refractivity contribution in [2.24, 2.45) is 61.7 Å². The molecule has 5 aliphatic carbocycles. The van der Waals surface area contributed by atoms with Gasteiger partial charge in [-0.05, 0) is 103 Å².